The third kappa shape index (κ3) is 1.74. The second-order valence-corrected chi connectivity index (χ2v) is 5.45. The van der Waals surface area contributed by atoms with Gasteiger partial charge in [0, 0.05) is 9.13 Å². The maximum absolute atomic E-state index is 4.56. The molecule has 0 amide bonds. The Bertz CT molecular complexity index is 507. The topological polar surface area (TPSA) is 37.1 Å². The minimum Gasteiger partial charge on any atom is -0.261 e. The molecule has 1 aromatic carbocycles. The van der Waals surface area contributed by atoms with Gasteiger partial charge in [0.2, 0.25) is 0 Å². The number of nitrogens with zero attached hydrogens (tertiary/aromatic N) is 3. The minimum atomic E-state index is 0.0721. The predicted octanol–water partition coefficient (Wildman–Crippen LogP) is 2.55. The predicted molar refractivity (Wildman–Crippen MR) is 73.0 cm³/mol. The summed E-state index contributed by atoms with van der Waals surface area (Å²) in [6.07, 6.45) is 1.78. The average molecular weight is 327 g/mol. The number of halogens is 1. The minimum absolute atomic E-state index is 0.0721. The van der Waals surface area contributed by atoms with Crippen LogP contribution in [-0.4, -0.2) is 22.3 Å². The molecule has 3 rings (SSSR count). The molecule has 1 atom stereocenters. The maximum Gasteiger partial charge on any atom is 0.138 e. The van der Waals surface area contributed by atoms with Gasteiger partial charge in [0.25, 0.3) is 0 Å². The van der Waals surface area contributed by atoms with Crippen LogP contribution < -0.4 is 0 Å². The highest BCUT2D eigenvalue weighted by atomic mass is 127. The normalized spacial score (nSPS) is 22.6. The monoisotopic (exact) mass is 327 g/mol. The molecule has 2 heterocycles. The molecule has 0 aliphatic carbocycles. The average Bonchev–Trinajstić information content (AvgIpc) is 2.76. The lowest BCUT2D eigenvalue weighted by molar-refractivity contribution is 1.22. The van der Waals surface area contributed by atoms with Crippen LogP contribution in [0.5, 0.6) is 0 Å². The van der Waals surface area contributed by atoms with Gasteiger partial charge in [-0.3, -0.25) is 4.99 Å². The van der Waals surface area contributed by atoms with Gasteiger partial charge >= 0.3 is 0 Å². The van der Waals surface area contributed by atoms with E-state index in [4.69, 9.17) is 0 Å². The molecular formula is C10H6IN3S. The zero-order valence-electron chi connectivity index (χ0n) is 7.59. The molecule has 15 heavy (non-hydrogen) atoms. The van der Waals surface area contributed by atoms with Crippen molar-refractivity contribution < 1.29 is 0 Å². The Morgan fingerprint density at radius 1 is 1.33 bits per heavy atom. The maximum atomic E-state index is 4.56. The van der Waals surface area contributed by atoms with E-state index in [1.807, 2.05) is 6.07 Å². The van der Waals surface area contributed by atoms with Gasteiger partial charge in [0.1, 0.15) is 16.1 Å². The van der Waals surface area contributed by atoms with Crippen LogP contribution in [0.4, 0.5) is 0 Å². The molecule has 0 aromatic heterocycles. The molecule has 74 valence electrons. The third-order valence-electron chi connectivity index (χ3n) is 2.15. The first kappa shape index (κ1) is 9.53. The van der Waals surface area contributed by atoms with Gasteiger partial charge in [0.15, 0.2) is 0 Å². The van der Waals surface area contributed by atoms with E-state index >= 15 is 0 Å². The Labute approximate surface area is 105 Å². The van der Waals surface area contributed by atoms with E-state index in [9.17, 15) is 0 Å². The summed E-state index contributed by atoms with van der Waals surface area (Å²) < 4.78 is 1.22. The summed E-state index contributed by atoms with van der Waals surface area (Å²) in [5.74, 6) is 0. The second kappa shape index (κ2) is 3.71. The highest BCUT2D eigenvalue weighted by Crippen LogP contribution is 2.28. The molecule has 0 spiro atoms. The fraction of sp³-hybridized carbons (Fsp3) is 0.100. The van der Waals surface area contributed by atoms with Gasteiger partial charge in [0.05, 0.1) is 6.21 Å². The van der Waals surface area contributed by atoms with Crippen molar-refractivity contribution in [2.45, 2.75) is 6.04 Å². The molecule has 3 nitrogen and oxygen atoms in total. The molecule has 1 aromatic rings. The first-order valence-electron chi connectivity index (χ1n) is 4.45. The van der Waals surface area contributed by atoms with Crippen molar-refractivity contribution in [2.75, 3.05) is 0 Å². The van der Waals surface area contributed by atoms with E-state index in [1.54, 1.807) is 18.0 Å². The van der Waals surface area contributed by atoms with Crippen LogP contribution in [0, 0.1) is 3.57 Å². The first-order valence-corrected chi connectivity index (χ1v) is 6.35. The summed E-state index contributed by atoms with van der Waals surface area (Å²) in [7, 11) is 0. The van der Waals surface area contributed by atoms with Gasteiger partial charge < -0.3 is 0 Å². The molecule has 0 saturated heterocycles. The number of rotatable bonds is 1. The van der Waals surface area contributed by atoms with E-state index in [0.29, 0.717) is 0 Å². The SMILES string of the molecule is Ic1cccc(C2=N[C@@H]3C=NN=C3S2)c1. The molecule has 0 unspecified atom stereocenters. The smallest absolute Gasteiger partial charge is 0.138 e. The fourth-order valence-corrected chi connectivity index (χ4v) is 2.93. The van der Waals surface area contributed by atoms with Gasteiger partial charge in [-0.25, -0.2) is 0 Å². The highest BCUT2D eigenvalue weighted by Gasteiger charge is 2.28. The van der Waals surface area contributed by atoms with Gasteiger partial charge in [-0.1, -0.05) is 12.1 Å². The molecule has 0 bridgehead atoms. The lowest BCUT2D eigenvalue weighted by Gasteiger charge is -1.99. The quantitative estimate of drug-likeness (QED) is 0.731. The van der Waals surface area contributed by atoms with Crippen LogP contribution in [0.1, 0.15) is 5.56 Å². The molecule has 0 radical (unpaired) electrons. The van der Waals surface area contributed by atoms with Gasteiger partial charge in [-0.05, 0) is 46.5 Å². The second-order valence-electron chi connectivity index (χ2n) is 3.19. The van der Waals surface area contributed by atoms with E-state index in [1.165, 1.54) is 3.57 Å². The number of thioether (sulfide) groups is 1. The van der Waals surface area contributed by atoms with Crippen LogP contribution in [0.3, 0.4) is 0 Å². The molecule has 0 N–H and O–H groups in total. The number of benzene rings is 1. The summed E-state index contributed by atoms with van der Waals surface area (Å²) in [6.45, 7) is 0. The summed E-state index contributed by atoms with van der Waals surface area (Å²) in [5.41, 5.74) is 1.16. The van der Waals surface area contributed by atoms with Crippen LogP contribution in [-0.2, 0) is 0 Å². The van der Waals surface area contributed by atoms with Crippen LogP contribution in [0.2, 0.25) is 0 Å². The zero-order chi connectivity index (χ0) is 10.3. The van der Waals surface area contributed by atoms with Crippen LogP contribution in [0.15, 0.2) is 39.5 Å². The van der Waals surface area contributed by atoms with Crippen LogP contribution in [0.25, 0.3) is 0 Å². The highest BCUT2D eigenvalue weighted by molar-refractivity contribution is 14.1. The molecular weight excluding hydrogens is 321 g/mol. The first-order chi connectivity index (χ1) is 7.33. The van der Waals surface area contributed by atoms with Crippen LogP contribution >= 0.6 is 34.4 Å². The van der Waals surface area contributed by atoms with Crippen molar-refractivity contribution in [1.29, 1.82) is 0 Å². The molecule has 2 aliphatic heterocycles. The molecule has 0 saturated carbocycles. The fourth-order valence-electron chi connectivity index (χ4n) is 1.45. The van der Waals surface area contributed by atoms with E-state index < -0.39 is 0 Å². The van der Waals surface area contributed by atoms with Gasteiger partial charge in [-0.15, -0.1) is 5.10 Å². The summed E-state index contributed by atoms with van der Waals surface area (Å²) >= 11 is 3.92. The van der Waals surface area contributed by atoms with Crippen molar-refractivity contribution in [3.8, 4) is 0 Å². The van der Waals surface area contributed by atoms with Crippen molar-refractivity contribution in [3.05, 3.63) is 33.4 Å². The molecule has 5 heteroatoms. The van der Waals surface area contributed by atoms with Gasteiger partial charge in [-0.2, -0.15) is 5.10 Å². The summed E-state index contributed by atoms with van der Waals surface area (Å²) in [4.78, 5) is 4.56. The largest absolute Gasteiger partial charge is 0.261 e. The van der Waals surface area contributed by atoms with E-state index in [0.717, 1.165) is 15.7 Å². The number of hydrogen-bond acceptors (Lipinski definition) is 4. The van der Waals surface area contributed by atoms with Crippen molar-refractivity contribution in [1.82, 2.24) is 0 Å². The Hall–Kier alpha value is -0.690. The Kier molecular flexibility index (Phi) is 2.36. The number of hydrogen-bond donors (Lipinski definition) is 0. The zero-order valence-corrected chi connectivity index (χ0v) is 10.6. The van der Waals surface area contributed by atoms with Crippen molar-refractivity contribution in [2.24, 2.45) is 15.2 Å². The number of fused-ring (bicyclic) bond motifs is 1. The van der Waals surface area contributed by atoms with Crippen molar-refractivity contribution in [3.63, 3.8) is 0 Å². The molecule has 2 aliphatic rings. The van der Waals surface area contributed by atoms with Crippen molar-refractivity contribution >= 4 is 50.7 Å². The standard InChI is InChI=1S/C10H6IN3S/c11-7-3-1-2-6(4-7)9-13-8-5-12-14-10(8)15-9/h1-5,8H/t8-/m1/s1. The summed E-state index contributed by atoms with van der Waals surface area (Å²) in [5, 5.41) is 9.91. The van der Waals surface area contributed by atoms with E-state index in [-0.39, 0.29) is 6.04 Å². The summed E-state index contributed by atoms with van der Waals surface area (Å²) in [6, 6.07) is 8.40. The molecule has 0 fully saturated rings. The lowest BCUT2D eigenvalue weighted by atomic mass is 10.2. The Morgan fingerprint density at radius 3 is 3.07 bits per heavy atom. The number of aliphatic imine (C=N–C) groups is 1. The Morgan fingerprint density at radius 2 is 2.27 bits per heavy atom. The van der Waals surface area contributed by atoms with E-state index in [2.05, 4.69) is 56.0 Å². The Balaban J connectivity index is 1.97. The lowest BCUT2D eigenvalue weighted by Crippen LogP contribution is -2.06. The third-order valence-corrected chi connectivity index (χ3v) is 3.88.